The van der Waals surface area contributed by atoms with Gasteiger partial charge in [-0.15, -0.1) is 0 Å². The van der Waals surface area contributed by atoms with Gasteiger partial charge in [0.1, 0.15) is 0 Å². The van der Waals surface area contributed by atoms with Crippen LogP contribution >= 0.6 is 0 Å². The molecule has 0 aliphatic heterocycles. The zero-order valence-corrected chi connectivity index (χ0v) is 17.4. The van der Waals surface area contributed by atoms with E-state index in [1.807, 2.05) is 6.07 Å². The molecule has 2 N–H and O–H groups in total. The van der Waals surface area contributed by atoms with Gasteiger partial charge in [0.25, 0.3) is 0 Å². The Morgan fingerprint density at radius 3 is 2.62 bits per heavy atom. The van der Waals surface area contributed by atoms with Crippen molar-refractivity contribution in [3.8, 4) is 0 Å². The maximum absolute atomic E-state index is 12.2. The standard InChI is InChI=1S/C24H31NO4/c1-22-10-7-17(25-28)13-16(22)4-5-20-19(22)8-11-23(2)18(9-12-24(20,23)27)15-3-6-21(26)29-14-15/h3,6,13-14,18-20,27-28H,4-5,7-12H2,1-2H3/b25-17+/t18-,19+,20-,22+,23-,24+/m1/s1. The van der Waals surface area contributed by atoms with E-state index < -0.39 is 5.60 Å². The Morgan fingerprint density at radius 2 is 1.90 bits per heavy atom. The average molecular weight is 398 g/mol. The first kappa shape index (κ1) is 19.1. The number of oxime groups is 1. The second-order valence-corrected chi connectivity index (χ2v) is 10.3. The molecule has 5 nitrogen and oxygen atoms in total. The van der Waals surface area contributed by atoms with E-state index in [2.05, 4.69) is 25.1 Å². The number of hydrogen-bond acceptors (Lipinski definition) is 5. The Morgan fingerprint density at radius 1 is 1.07 bits per heavy atom. The summed E-state index contributed by atoms with van der Waals surface area (Å²) >= 11 is 0. The normalized spacial score (nSPS) is 45.3. The highest BCUT2D eigenvalue weighted by molar-refractivity contribution is 5.96. The largest absolute Gasteiger partial charge is 0.431 e. The molecule has 156 valence electrons. The number of allylic oxidation sites excluding steroid dienone is 2. The van der Waals surface area contributed by atoms with Crippen molar-refractivity contribution < 1.29 is 14.7 Å². The molecule has 0 spiro atoms. The number of aliphatic hydroxyl groups is 1. The van der Waals surface area contributed by atoms with Crippen molar-refractivity contribution in [2.45, 2.75) is 76.7 Å². The number of nitrogens with zero attached hydrogens (tertiary/aromatic N) is 1. The van der Waals surface area contributed by atoms with E-state index in [1.165, 1.54) is 11.6 Å². The Labute approximate surface area is 171 Å². The monoisotopic (exact) mass is 397 g/mol. The van der Waals surface area contributed by atoms with Gasteiger partial charge in [0, 0.05) is 11.5 Å². The second-order valence-electron chi connectivity index (χ2n) is 10.3. The molecule has 5 rings (SSSR count). The highest BCUT2D eigenvalue weighted by Gasteiger charge is 2.66. The summed E-state index contributed by atoms with van der Waals surface area (Å²) in [6.45, 7) is 4.63. The lowest BCUT2D eigenvalue weighted by atomic mass is 9.45. The van der Waals surface area contributed by atoms with Gasteiger partial charge in [0.15, 0.2) is 0 Å². The van der Waals surface area contributed by atoms with Crippen LogP contribution in [0.3, 0.4) is 0 Å². The highest BCUT2D eigenvalue weighted by Crippen LogP contribution is 2.69. The Bertz CT molecular complexity index is 928. The summed E-state index contributed by atoms with van der Waals surface area (Å²) in [5, 5.41) is 24.9. The van der Waals surface area contributed by atoms with Gasteiger partial charge >= 0.3 is 5.63 Å². The zero-order chi connectivity index (χ0) is 20.4. The van der Waals surface area contributed by atoms with Gasteiger partial charge in [0.2, 0.25) is 0 Å². The summed E-state index contributed by atoms with van der Waals surface area (Å²) in [7, 11) is 0. The molecule has 3 saturated carbocycles. The molecule has 6 atom stereocenters. The lowest BCUT2D eigenvalue weighted by molar-refractivity contribution is -0.176. The molecule has 1 heterocycles. The maximum Gasteiger partial charge on any atom is 0.335 e. The minimum Gasteiger partial charge on any atom is -0.431 e. The topological polar surface area (TPSA) is 83.0 Å². The molecule has 0 bridgehead atoms. The fourth-order valence-electron chi connectivity index (χ4n) is 7.72. The van der Waals surface area contributed by atoms with Gasteiger partial charge in [-0.3, -0.25) is 0 Å². The van der Waals surface area contributed by atoms with Crippen molar-refractivity contribution >= 4 is 5.71 Å². The third-order valence-electron chi connectivity index (χ3n) is 9.42. The molecule has 4 aliphatic rings. The van der Waals surface area contributed by atoms with E-state index in [9.17, 15) is 15.1 Å². The summed E-state index contributed by atoms with van der Waals surface area (Å²) in [5.74, 6) is 0.979. The van der Waals surface area contributed by atoms with Crippen LogP contribution in [0, 0.1) is 22.7 Å². The van der Waals surface area contributed by atoms with Crippen LogP contribution in [0.25, 0.3) is 0 Å². The first-order valence-corrected chi connectivity index (χ1v) is 11.0. The van der Waals surface area contributed by atoms with Gasteiger partial charge in [-0.2, -0.15) is 0 Å². The smallest absolute Gasteiger partial charge is 0.335 e. The lowest BCUT2D eigenvalue weighted by Gasteiger charge is -2.61. The van der Waals surface area contributed by atoms with Gasteiger partial charge in [-0.05, 0) is 92.2 Å². The van der Waals surface area contributed by atoms with Crippen LogP contribution in [-0.4, -0.2) is 21.6 Å². The van der Waals surface area contributed by atoms with Gasteiger partial charge in [-0.1, -0.05) is 24.6 Å². The first-order chi connectivity index (χ1) is 13.8. The van der Waals surface area contributed by atoms with E-state index in [4.69, 9.17) is 4.42 Å². The number of rotatable bonds is 1. The average Bonchev–Trinajstić information content (AvgIpc) is 2.99. The van der Waals surface area contributed by atoms with Crippen LogP contribution in [0.5, 0.6) is 0 Å². The number of fused-ring (bicyclic) bond motifs is 5. The van der Waals surface area contributed by atoms with Crippen molar-refractivity contribution in [2.75, 3.05) is 0 Å². The summed E-state index contributed by atoms with van der Waals surface area (Å²) in [4.78, 5) is 11.4. The molecule has 0 radical (unpaired) electrons. The molecular formula is C24H31NO4. The van der Waals surface area contributed by atoms with E-state index in [-0.39, 0.29) is 28.3 Å². The van der Waals surface area contributed by atoms with E-state index in [1.54, 1.807) is 6.26 Å². The third-order valence-corrected chi connectivity index (χ3v) is 9.42. The molecule has 0 saturated heterocycles. The van der Waals surface area contributed by atoms with E-state index in [0.717, 1.165) is 62.6 Å². The Hall–Kier alpha value is -1.88. The molecule has 4 aliphatic carbocycles. The van der Waals surface area contributed by atoms with Crippen molar-refractivity contribution in [1.29, 1.82) is 0 Å². The molecular weight excluding hydrogens is 366 g/mol. The van der Waals surface area contributed by atoms with Crippen molar-refractivity contribution in [3.05, 3.63) is 46.0 Å². The maximum atomic E-state index is 12.2. The lowest BCUT2D eigenvalue weighted by Crippen LogP contribution is -2.60. The molecule has 5 heteroatoms. The third kappa shape index (κ3) is 2.49. The van der Waals surface area contributed by atoms with Gasteiger partial charge in [0.05, 0.1) is 17.6 Å². The fraction of sp³-hybridized carbons (Fsp3) is 0.667. The van der Waals surface area contributed by atoms with Gasteiger partial charge in [-0.25, -0.2) is 4.79 Å². The van der Waals surface area contributed by atoms with Crippen molar-refractivity contribution in [3.63, 3.8) is 0 Å². The Kier molecular flexibility index (Phi) is 4.16. The molecule has 1 aromatic heterocycles. The highest BCUT2D eigenvalue weighted by atomic mass is 16.4. The summed E-state index contributed by atoms with van der Waals surface area (Å²) in [6, 6.07) is 3.39. The van der Waals surface area contributed by atoms with Crippen molar-refractivity contribution in [2.24, 2.45) is 27.8 Å². The van der Waals surface area contributed by atoms with Crippen LogP contribution in [0.1, 0.15) is 76.7 Å². The molecule has 0 aromatic carbocycles. The van der Waals surface area contributed by atoms with Crippen LogP contribution < -0.4 is 5.63 Å². The molecule has 29 heavy (non-hydrogen) atoms. The van der Waals surface area contributed by atoms with E-state index >= 15 is 0 Å². The SMILES string of the molecule is C[C@]12CC/C(=N\O)C=C1CC[C@@H]1[C@@H]2CC[C@]2(C)[C@@H](c3ccc(=O)oc3)CC[C@]12O. The predicted molar refractivity (Wildman–Crippen MR) is 110 cm³/mol. The summed E-state index contributed by atoms with van der Waals surface area (Å²) in [6.07, 6.45) is 11.3. The van der Waals surface area contributed by atoms with Crippen LogP contribution in [0.2, 0.25) is 0 Å². The minimum absolute atomic E-state index is 0.0891. The molecule has 3 fully saturated rings. The number of hydrogen-bond donors (Lipinski definition) is 2. The zero-order valence-electron chi connectivity index (χ0n) is 17.4. The first-order valence-electron chi connectivity index (χ1n) is 11.0. The fourth-order valence-corrected chi connectivity index (χ4v) is 7.72. The summed E-state index contributed by atoms with van der Waals surface area (Å²) < 4.78 is 5.17. The van der Waals surface area contributed by atoms with E-state index in [0.29, 0.717) is 5.92 Å². The second kappa shape index (κ2) is 6.31. The molecule has 0 unspecified atom stereocenters. The molecule has 0 amide bonds. The molecule has 1 aromatic rings. The predicted octanol–water partition coefficient (Wildman–Crippen LogP) is 4.63. The van der Waals surface area contributed by atoms with Crippen LogP contribution in [0.15, 0.2) is 44.4 Å². The van der Waals surface area contributed by atoms with Crippen LogP contribution in [0.4, 0.5) is 0 Å². The van der Waals surface area contributed by atoms with Crippen LogP contribution in [-0.2, 0) is 0 Å². The van der Waals surface area contributed by atoms with Crippen molar-refractivity contribution in [1.82, 2.24) is 0 Å². The Balaban J connectivity index is 1.51. The summed E-state index contributed by atoms with van der Waals surface area (Å²) in [5.41, 5.74) is 2.13. The minimum atomic E-state index is -0.684. The van der Waals surface area contributed by atoms with Gasteiger partial charge < -0.3 is 14.7 Å². The quantitative estimate of drug-likeness (QED) is 0.534.